The molecule has 3 nitrogen and oxygen atoms in total. The van der Waals surface area contributed by atoms with Crippen LogP contribution in [-0.2, 0) is 0 Å². The van der Waals surface area contributed by atoms with Crippen LogP contribution in [0.15, 0.2) is 22.7 Å². The Morgan fingerprint density at radius 3 is 2.53 bits per heavy atom. The second-order valence-electron chi connectivity index (χ2n) is 4.40. The van der Waals surface area contributed by atoms with Gasteiger partial charge in [0, 0.05) is 23.1 Å². The predicted molar refractivity (Wildman–Crippen MR) is 75.4 cm³/mol. The third-order valence-corrected chi connectivity index (χ3v) is 3.81. The third-order valence-electron chi connectivity index (χ3n) is 3.09. The highest BCUT2D eigenvalue weighted by Crippen LogP contribution is 2.30. The van der Waals surface area contributed by atoms with Crippen LogP contribution in [0.2, 0.25) is 0 Å². The van der Waals surface area contributed by atoms with Crippen molar-refractivity contribution in [1.82, 2.24) is 4.90 Å². The normalized spacial score (nSPS) is 13.2. The van der Waals surface area contributed by atoms with Crippen LogP contribution in [0.4, 0.5) is 0 Å². The molecular weight excluding hydrogens is 280 g/mol. The van der Waals surface area contributed by atoms with E-state index < -0.39 is 0 Å². The minimum atomic E-state index is 0.194. The van der Waals surface area contributed by atoms with Gasteiger partial charge >= 0.3 is 0 Å². The Morgan fingerprint density at radius 1 is 1.41 bits per heavy atom. The van der Waals surface area contributed by atoms with Crippen molar-refractivity contribution in [3.8, 4) is 5.75 Å². The molecule has 4 heteroatoms. The lowest BCUT2D eigenvalue weighted by molar-refractivity contribution is 0.200. The Bertz CT molecular complexity index is 368. The molecule has 0 aliphatic heterocycles. The molecule has 0 spiro atoms. The van der Waals surface area contributed by atoms with E-state index in [2.05, 4.69) is 41.7 Å². The lowest BCUT2D eigenvalue weighted by Gasteiger charge is -2.31. The SMILES string of the molecule is COc1ccc(Br)c(C(CN)N(C)C(C)C)c1. The number of benzene rings is 1. The average Bonchev–Trinajstić information content (AvgIpc) is 2.32. The van der Waals surface area contributed by atoms with Gasteiger partial charge in [-0.1, -0.05) is 15.9 Å². The van der Waals surface area contributed by atoms with Crippen LogP contribution >= 0.6 is 15.9 Å². The number of hydrogen-bond donors (Lipinski definition) is 1. The largest absolute Gasteiger partial charge is 0.497 e. The highest BCUT2D eigenvalue weighted by molar-refractivity contribution is 9.10. The molecule has 0 heterocycles. The molecular formula is C13H21BrN2O. The summed E-state index contributed by atoms with van der Waals surface area (Å²) in [5.74, 6) is 0.860. The summed E-state index contributed by atoms with van der Waals surface area (Å²) in [6, 6.07) is 6.63. The van der Waals surface area contributed by atoms with E-state index in [-0.39, 0.29) is 6.04 Å². The molecule has 1 aromatic rings. The van der Waals surface area contributed by atoms with Crippen molar-refractivity contribution in [3.63, 3.8) is 0 Å². The maximum atomic E-state index is 5.90. The maximum Gasteiger partial charge on any atom is 0.119 e. The predicted octanol–water partition coefficient (Wildman–Crippen LogP) is 2.80. The van der Waals surface area contributed by atoms with Gasteiger partial charge in [0.1, 0.15) is 5.75 Å². The van der Waals surface area contributed by atoms with Crippen molar-refractivity contribution < 1.29 is 4.74 Å². The zero-order valence-electron chi connectivity index (χ0n) is 10.9. The monoisotopic (exact) mass is 300 g/mol. The highest BCUT2D eigenvalue weighted by Gasteiger charge is 2.20. The molecule has 0 saturated carbocycles. The summed E-state index contributed by atoms with van der Waals surface area (Å²) in [4.78, 5) is 2.26. The molecule has 1 rings (SSSR count). The number of nitrogens with zero attached hydrogens (tertiary/aromatic N) is 1. The van der Waals surface area contributed by atoms with Gasteiger partial charge in [-0.3, -0.25) is 4.90 Å². The summed E-state index contributed by atoms with van der Waals surface area (Å²) < 4.78 is 6.34. The van der Waals surface area contributed by atoms with Crippen LogP contribution in [-0.4, -0.2) is 31.6 Å². The quantitative estimate of drug-likeness (QED) is 0.909. The first-order valence-corrected chi connectivity index (χ1v) is 6.56. The Kier molecular flexibility index (Phi) is 5.43. The summed E-state index contributed by atoms with van der Waals surface area (Å²) >= 11 is 3.58. The molecule has 0 fully saturated rings. The zero-order chi connectivity index (χ0) is 13.0. The van der Waals surface area contributed by atoms with Gasteiger partial charge in [-0.15, -0.1) is 0 Å². The summed E-state index contributed by atoms with van der Waals surface area (Å²) in [6.07, 6.45) is 0. The molecule has 0 amide bonds. The average molecular weight is 301 g/mol. The molecule has 0 radical (unpaired) electrons. The summed E-state index contributed by atoms with van der Waals surface area (Å²) in [6.45, 7) is 4.91. The van der Waals surface area contributed by atoms with Crippen LogP contribution in [0.5, 0.6) is 5.75 Å². The molecule has 0 bridgehead atoms. The molecule has 96 valence electrons. The summed E-state index contributed by atoms with van der Waals surface area (Å²) in [7, 11) is 3.77. The molecule has 17 heavy (non-hydrogen) atoms. The molecule has 0 aromatic heterocycles. The minimum Gasteiger partial charge on any atom is -0.497 e. The number of likely N-dealkylation sites (N-methyl/N-ethyl adjacent to an activating group) is 1. The highest BCUT2D eigenvalue weighted by atomic mass is 79.9. The van der Waals surface area contributed by atoms with Crippen molar-refractivity contribution in [2.75, 3.05) is 20.7 Å². The van der Waals surface area contributed by atoms with Gasteiger partial charge in [-0.2, -0.15) is 0 Å². The second kappa shape index (κ2) is 6.38. The smallest absolute Gasteiger partial charge is 0.119 e. The van der Waals surface area contributed by atoms with Crippen molar-refractivity contribution in [2.45, 2.75) is 25.9 Å². The topological polar surface area (TPSA) is 38.5 Å². The lowest BCUT2D eigenvalue weighted by Crippen LogP contribution is -2.35. The number of ether oxygens (including phenoxy) is 1. The van der Waals surface area contributed by atoms with Gasteiger partial charge in [0.15, 0.2) is 0 Å². The molecule has 1 unspecified atom stereocenters. The van der Waals surface area contributed by atoms with Crippen LogP contribution in [0, 0.1) is 0 Å². The third kappa shape index (κ3) is 3.44. The summed E-state index contributed by atoms with van der Waals surface area (Å²) in [5.41, 5.74) is 7.07. The Labute approximate surface area is 112 Å². The first kappa shape index (κ1) is 14.5. The van der Waals surface area contributed by atoms with E-state index in [1.165, 1.54) is 5.56 Å². The van der Waals surface area contributed by atoms with Crippen molar-refractivity contribution in [3.05, 3.63) is 28.2 Å². The summed E-state index contributed by atoms with van der Waals surface area (Å²) in [5, 5.41) is 0. The fraction of sp³-hybridized carbons (Fsp3) is 0.538. The number of halogens is 1. The van der Waals surface area contributed by atoms with E-state index in [1.807, 2.05) is 18.2 Å². The van der Waals surface area contributed by atoms with E-state index in [1.54, 1.807) is 7.11 Å². The zero-order valence-corrected chi connectivity index (χ0v) is 12.5. The van der Waals surface area contributed by atoms with E-state index in [0.29, 0.717) is 12.6 Å². The Morgan fingerprint density at radius 2 is 2.06 bits per heavy atom. The number of rotatable bonds is 5. The lowest BCUT2D eigenvalue weighted by atomic mass is 10.0. The standard InChI is InChI=1S/C13H21BrN2O/c1-9(2)16(3)13(8-15)11-7-10(17-4)5-6-12(11)14/h5-7,9,13H,8,15H2,1-4H3. The fourth-order valence-corrected chi connectivity index (χ4v) is 2.29. The van der Waals surface area contributed by atoms with Gasteiger partial charge < -0.3 is 10.5 Å². The van der Waals surface area contributed by atoms with Crippen LogP contribution in [0.3, 0.4) is 0 Å². The van der Waals surface area contributed by atoms with Crippen LogP contribution in [0.1, 0.15) is 25.5 Å². The van der Waals surface area contributed by atoms with Gasteiger partial charge in [0.05, 0.1) is 7.11 Å². The van der Waals surface area contributed by atoms with Gasteiger partial charge in [0.2, 0.25) is 0 Å². The second-order valence-corrected chi connectivity index (χ2v) is 5.25. The van der Waals surface area contributed by atoms with E-state index in [4.69, 9.17) is 10.5 Å². The molecule has 0 saturated heterocycles. The molecule has 1 atom stereocenters. The van der Waals surface area contributed by atoms with E-state index in [0.717, 1.165) is 10.2 Å². The number of nitrogens with two attached hydrogens (primary N) is 1. The van der Waals surface area contributed by atoms with Gasteiger partial charge in [-0.25, -0.2) is 0 Å². The first-order valence-electron chi connectivity index (χ1n) is 5.76. The molecule has 1 aromatic carbocycles. The number of methoxy groups -OCH3 is 1. The van der Waals surface area contributed by atoms with E-state index in [9.17, 15) is 0 Å². The maximum absolute atomic E-state index is 5.90. The minimum absolute atomic E-state index is 0.194. The molecule has 0 aliphatic carbocycles. The first-order chi connectivity index (χ1) is 8.01. The van der Waals surface area contributed by atoms with Gasteiger partial charge in [0.25, 0.3) is 0 Å². The van der Waals surface area contributed by atoms with Crippen LogP contribution in [0.25, 0.3) is 0 Å². The molecule has 2 N–H and O–H groups in total. The van der Waals surface area contributed by atoms with Crippen molar-refractivity contribution >= 4 is 15.9 Å². The number of hydrogen-bond acceptors (Lipinski definition) is 3. The Balaban J connectivity index is 3.10. The van der Waals surface area contributed by atoms with E-state index >= 15 is 0 Å². The Hall–Kier alpha value is -0.580. The van der Waals surface area contributed by atoms with Gasteiger partial charge in [-0.05, 0) is 44.7 Å². The van der Waals surface area contributed by atoms with Crippen LogP contribution < -0.4 is 10.5 Å². The van der Waals surface area contributed by atoms with Crippen molar-refractivity contribution in [1.29, 1.82) is 0 Å². The molecule has 0 aliphatic rings. The van der Waals surface area contributed by atoms with Crippen molar-refractivity contribution in [2.24, 2.45) is 5.73 Å². The fourth-order valence-electron chi connectivity index (χ4n) is 1.78.